The lowest BCUT2D eigenvalue weighted by molar-refractivity contribution is 1.45. The van der Waals surface area contributed by atoms with Crippen LogP contribution >= 0.6 is 51.8 Å². The van der Waals surface area contributed by atoms with Crippen molar-refractivity contribution in [3.8, 4) is 0 Å². The lowest BCUT2D eigenvalue weighted by Crippen LogP contribution is -1.72. The molecule has 0 unspecified atom stereocenters. The van der Waals surface area contributed by atoms with Gasteiger partial charge >= 0.3 is 0 Å². The second-order valence-corrected chi connectivity index (χ2v) is 3.90. The molecule has 0 N–H and O–H groups in total. The Bertz CT molecular complexity index is 239. The molecule has 0 spiro atoms. The van der Waals surface area contributed by atoms with Gasteiger partial charge in [-0.05, 0) is 12.1 Å². The Morgan fingerprint density at radius 2 is 1.90 bits per heavy atom. The van der Waals surface area contributed by atoms with E-state index in [4.69, 9.17) is 23.2 Å². The number of thiol groups is 1. The molecule has 0 radical (unpaired) electrons. The number of rotatable bonds is 0. The second kappa shape index (κ2) is 3.35. The van der Waals surface area contributed by atoms with Crippen molar-refractivity contribution in [2.24, 2.45) is 0 Å². The van der Waals surface area contributed by atoms with E-state index in [1.165, 1.54) is 0 Å². The lowest BCUT2D eigenvalue weighted by Gasteiger charge is -1.99. The van der Waals surface area contributed by atoms with Crippen molar-refractivity contribution in [2.45, 2.75) is 4.90 Å². The van der Waals surface area contributed by atoms with Crippen molar-refractivity contribution in [2.75, 3.05) is 0 Å². The van der Waals surface area contributed by atoms with E-state index in [1.54, 1.807) is 12.1 Å². The van der Waals surface area contributed by atoms with Gasteiger partial charge in [0.05, 0.1) is 10.0 Å². The van der Waals surface area contributed by atoms with Gasteiger partial charge in [0.2, 0.25) is 0 Å². The van der Waals surface area contributed by atoms with Crippen LogP contribution in [0.15, 0.2) is 21.5 Å². The molecular weight excluding hydrogens is 255 g/mol. The van der Waals surface area contributed by atoms with Gasteiger partial charge in [-0.3, -0.25) is 0 Å². The van der Waals surface area contributed by atoms with Crippen LogP contribution in [0.25, 0.3) is 0 Å². The Kier molecular flexibility index (Phi) is 2.92. The van der Waals surface area contributed by atoms with Gasteiger partial charge in [-0.1, -0.05) is 39.1 Å². The summed E-state index contributed by atoms with van der Waals surface area (Å²) < 4.78 is 0.881. The molecule has 1 aromatic carbocycles. The highest BCUT2D eigenvalue weighted by Gasteiger charge is 2.01. The number of benzene rings is 1. The first-order valence-corrected chi connectivity index (χ1v) is 4.44. The predicted molar refractivity (Wildman–Crippen MR) is 51.4 cm³/mol. The molecule has 0 atom stereocenters. The van der Waals surface area contributed by atoms with Crippen LogP contribution in [0.3, 0.4) is 0 Å². The molecule has 0 nitrogen and oxygen atoms in total. The van der Waals surface area contributed by atoms with Gasteiger partial charge in [0.1, 0.15) is 0 Å². The maximum Gasteiger partial charge on any atom is 0.0726 e. The van der Waals surface area contributed by atoms with E-state index in [0.29, 0.717) is 14.9 Å². The summed E-state index contributed by atoms with van der Waals surface area (Å²) in [7, 11) is 0. The summed E-state index contributed by atoms with van der Waals surface area (Å²) in [5, 5.41) is 1.01. The van der Waals surface area contributed by atoms with Crippen molar-refractivity contribution in [3.63, 3.8) is 0 Å². The Morgan fingerprint density at radius 1 is 1.30 bits per heavy atom. The SMILES string of the molecule is Sc1cc(Br)cc(Cl)c1Cl. The van der Waals surface area contributed by atoms with E-state index in [0.717, 1.165) is 4.47 Å². The van der Waals surface area contributed by atoms with Gasteiger partial charge in [-0.25, -0.2) is 0 Å². The van der Waals surface area contributed by atoms with Crippen LogP contribution in [0.2, 0.25) is 10.0 Å². The maximum atomic E-state index is 5.72. The van der Waals surface area contributed by atoms with Crippen molar-refractivity contribution in [3.05, 3.63) is 26.7 Å². The summed E-state index contributed by atoms with van der Waals surface area (Å²) in [5.41, 5.74) is 0. The molecule has 10 heavy (non-hydrogen) atoms. The van der Waals surface area contributed by atoms with E-state index >= 15 is 0 Å². The van der Waals surface area contributed by atoms with E-state index in [-0.39, 0.29) is 0 Å². The van der Waals surface area contributed by atoms with Crippen LogP contribution < -0.4 is 0 Å². The van der Waals surface area contributed by atoms with Gasteiger partial charge in [0, 0.05) is 9.37 Å². The standard InChI is InChI=1S/C6H3BrCl2S/c7-3-1-4(8)6(9)5(10)2-3/h1-2,10H. The quantitative estimate of drug-likeness (QED) is 0.526. The molecule has 0 amide bonds. The molecule has 0 saturated carbocycles. The largest absolute Gasteiger partial charge is 0.142 e. The minimum atomic E-state index is 0.494. The molecule has 0 bridgehead atoms. The first-order valence-electron chi connectivity index (χ1n) is 2.45. The van der Waals surface area contributed by atoms with E-state index in [9.17, 15) is 0 Å². The van der Waals surface area contributed by atoms with E-state index in [1.807, 2.05) is 0 Å². The van der Waals surface area contributed by atoms with Crippen LogP contribution in [0.1, 0.15) is 0 Å². The van der Waals surface area contributed by atoms with Gasteiger partial charge in [0.25, 0.3) is 0 Å². The molecule has 0 aliphatic carbocycles. The Balaban J connectivity index is 3.31. The maximum absolute atomic E-state index is 5.72. The van der Waals surface area contributed by atoms with Crippen LogP contribution in [0, 0.1) is 0 Å². The Labute approximate surface area is 83.1 Å². The van der Waals surface area contributed by atoms with Crippen molar-refractivity contribution in [1.29, 1.82) is 0 Å². The normalized spacial score (nSPS) is 10.0. The lowest BCUT2D eigenvalue weighted by atomic mass is 10.4. The average Bonchev–Trinajstić information content (AvgIpc) is 1.82. The predicted octanol–water partition coefficient (Wildman–Crippen LogP) is 4.04. The van der Waals surface area contributed by atoms with Gasteiger partial charge in [0.15, 0.2) is 0 Å². The topological polar surface area (TPSA) is 0 Å². The first-order chi connectivity index (χ1) is 4.61. The summed E-state index contributed by atoms with van der Waals surface area (Å²) in [6.07, 6.45) is 0. The van der Waals surface area contributed by atoms with E-state index in [2.05, 4.69) is 28.6 Å². The zero-order valence-electron chi connectivity index (χ0n) is 4.74. The van der Waals surface area contributed by atoms with Crippen LogP contribution in [-0.4, -0.2) is 0 Å². The highest BCUT2D eigenvalue weighted by molar-refractivity contribution is 9.10. The number of hydrogen-bond acceptors (Lipinski definition) is 1. The van der Waals surface area contributed by atoms with Crippen LogP contribution in [0.5, 0.6) is 0 Å². The minimum absolute atomic E-state index is 0.494. The molecular formula is C6H3BrCl2S. The van der Waals surface area contributed by atoms with Crippen molar-refractivity contribution in [1.82, 2.24) is 0 Å². The Morgan fingerprint density at radius 3 is 2.40 bits per heavy atom. The summed E-state index contributed by atoms with van der Waals surface area (Å²) in [4.78, 5) is 0.682. The molecule has 54 valence electrons. The van der Waals surface area contributed by atoms with Gasteiger partial charge < -0.3 is 0 Å². The molecule has 0 aliphatic rings. The van der Waals surface area contributed by atoms with Crippen LogP contribution in [-0.2, 0) is 0 Å². The molecule has 0 fully saturated rings. The van der Waals surface area contributed by atoms with E-state index < -0.39 is 0 Å². The summed E-state index contributed by atoms with van der Waals surface area (Å²) >= 11 is 18.8. The first kappa shape index (κ1) is 8.72. The minimum Gasteiger partial charge on any atom is -0.142 e. The average molecular weight is 258 g/mol. The molecule has 0 aliphatic heterocycles. The third kappa shape index (κ3) is 1.82. The van der Waals surface area contributed by atoms with Crippen molar-refractivity contribution >= 4 is 51.8 Å². The smallest absolute Gasteiger partial charge is 0.0726 e. The zero-order valence-corrected chi connectivity index (χ0v) is 8.73. The van der Waals surface area contributed by atoms with Crippen LogP contribution in [0.4, 0.5) is 0 Å². The fraction of sp³-hybridized carbons (Fsp3) is 0. The summed E-state index contributed by atoms with van der Waals surface area (Å²) in [6, 6.07) is 3.51. The fourth-order valence-electron chi connectivity index (χ4n) is 0.542. The Hall–Kier alpha value is 0.630. The highest BCUT2D eigenvalue weighted by atomic mass is 79.9. The molecule has 0 saturated heterocycles. The number of halogens is 3. The fourth-order valence-corrected chi connectivity index (χ4v) is 1.96. The molecule has 0 aromatic heterocycles. The zero-order chi connectivity index (χ0) is 7.72. The third-order valence-corrected chi connectivity index (χ3v) is 2.72. The summed E-state index contributed by atoms with van der Waals surface area (Å²) in [5.74, 6) is 0. The molecule has 4 heteroatoms. The second-order valence-electron chi connectivity index (χ2n) is 1.72. The highest BCUT2D eigenvalue weighted by Crippen LogP contribution is 2.31. The van der Waals surface area contributed by atoms with Gasteiger partial charge in [-0.15, -0.1) is 12.6 Å². The molecule has 1 aromatic rings. The van der Waals surface area contributed by atoms with Crippen molar-refractivity contribution < 1.29 is 0 Å². The van der Waals surface area contributed by atoms with Gasteiger partial charge in [-0.2, -0.15) is 0 Å². The summed E-state index contributed by atoms with van der Waals surface area (Å²) in [6.45, 7) is 0. The molecule has 0 heterocycles. The monoisotopic (exact) mass is 256 g/mol. The number of hydrogen-bond donors (Lipinski definition) is 1. The third-order valence-electron chi connectivity index (χ3n) is 0.974. The molecule has 1 rings (SSSR count).